The van der Waals surface area contributed by atoms with Crippen LogP contribution in [0.2, 0.25) is 0 Å². The zero-order valence-corrected chi connectivity index (χ0v) is 13.2. The van der Waals surface area contributed by atoms with Crippen molar-refractivity contribution in [3.05, 3.63) is 66.2 Å². The number of hydrogen-bond acceptors (Lipinski definition) is 4. The maximum absolute atomic E-state index is 12.5. The first-order valence-corrected chi connectivity index (χ1v) is 8.49. The van der Waals surface area contributed by atoms with Crippen molar-refractivity contribution in [3.63, 3.8) is 0 Å². The molecule has 0 fully saturated rings. The Kier molecular flexibility index (Phi) is 3.86. The highest BCUT2D eigenvalue weighted by Crippen LogP contribution is 2.23. The fourth-order valence-electron chi connectivity index (χ4n) is 2.34. The SMILES string of the molecule is Nc1ccc2ccc(S(=O)(=O)Nc3cccc(C(=O)O)c3)cc2c1. The van der Waals surface area contributed by atoms with Gasteiger partial charge < -0.3 is 10.8 Å². The van der Waals surface area contributed by atoms with Gasteiger partial charge in [-0.05, 0) is 53.2 Å². The summed E-state index contributed by atoms with van der Waals surface area (Å²) in [6, 6.07) is 15.6. The zero-order chi connectivity index (χ0) is 17.3. The third-order valence-electron chi connectivity index (χ3n) is 3.51. The number of hydrogen-bond donors (Lipinski definition) is 3. The largest absolute Gasteiger partial charge is 0.478 e. The van der Waals surface area contributed by atoms with Crippen LogP contribution in [0.15, 0.2) is 65.6 Å². The first-order valence-electron chi connectivity index (χ1n) is 7.01. The van der Waals surface area contributed by atoms with Gasteiger partial charge in [-0.1, -0.05) is 18.2 Å². The smallest absolute Gasteiger partial charge is 0.335 e. The third-order valence-corrected chi connectivity index (χ3v) is 4.89. The number of carboxylic acids is 1. The maximum Gasteiger partial charge on any atom is 0.335 e. The molecular formula is C17H14N2O4S. The summed E-state index contributed by atoms with van der Waals surface area (Å²) in [5.74, 6) is -1.13. The molecule has 0 aliphatic heterocycles. The van der Waals surface area contributed by atoms with Crippen molar-refractivity contribution in [2.75, 3.05) is 10.5 Å². The molecule has 0 amide bonds. The van der Waals surface area contributed by atoms with Gasteiger partial charge in [-0.25, -0.2) is 13.2 Å². The molecule has 0 heterocycles. The summed E-state index contributed by atoms with van der Waals surface area (Å²) in [5.41, 5.74) is 6.46. The Hall–Kier alpha value is -3.06. The maximum atomic E-state index is 12.5. The van der Waals surface area contributed by atoms with Gasteiger partial charge in [0.2, 0.25) is 0 Å². The number of carboxylic acid groups (broad SMARTS) is 1. The molecule has 4 N–H and O–H groups in total. The van der Waals surface area contributed by atoms with E-state index in [4.69, 9.17) is 10.8 Å². The summed E-state index contributed by atoms with van der Waals surface area (Å²) in [5, 5.41) is 10.6. The van der Waals surface area contributed by atoms with Crippen LogP contribution >= 0.6 is 0 Å². The Balaban J connectivity index is 1.98. The minimum absolute atomic E-state index is 0.00138. The molecule has 3 rings (SSSR count). The molecule has 0 saturated carbocycles. The van der Waals surface area contributed by atoms with Crippen molar-refractivity contribution in [1.29, 1.82) is 0 Å². The number of nitrogen functional groups attached to an aromatic ring is 1. The topological polar surface area (TPSA) is 109 Å². The molecule has 122 valence electrons. The highest BCUT2D eigenvalue weighted by Gasteiger charge is 2.15. The number of sulfonamides is 1. The number of benzene rings is 3. The highest BCUT2D eigenvalue weighted by atomic mass is 32.2. The van der Waals surface area contributed by atoms with Crippen molar-refractivity contribution < 1.29 is 18.3 Å². The summed E-state index contributed by atoms with van der Waals surface area (Å²) in [6.07, 6.45) is 0. The summed E-state index contributed by atoms with van der Waals surface area (Å²) in [4.78, 5) is 11.0. The average molecular weight is 342 g/mol. The Labute approximate surface area is 138 Å². The average Bonchev–Trinajstić information content (AvgIpc) is 2.54. The van der Waals surface area contributed by atoms with Crippen LogP contribution in [0.3, 0.4) is 0 Å². The van der Waals surface area contributed by atoms with Crippen LogP contribution in [-0.4, -0.2) is 19.5 Å². The second-order valence-electron chi connectivity index (χ2n) is 5.26. The molecule has 0 spiro atoms. The van der Waals surface area contributed by atoms with E-state index in [-0.39, 0.29) is 16.1 Å². The number of carbonyl (C=O) groups is 1. The molecule has 0 radical (unpaired) electrons. The Bertz CT molecular complexity index is 1050. The molecule has 0 unspecified atom stereocenters. The summed E-state index contributed by atoms with van der Waals surface area (Å²) >= 11 is 0. The van der Waals surface area contributed by atoms with Gasteiger partial charge in [-0.3, -0.25) is 4.72 Å². The van der Waals surface area contributed by atoms with Crippen molar-refractivity contribution in [2.45, 2.75) is 4.90 Å². The van der Waals surface area contributed by atoms with Gasteiger partial charge in [0.1, 0.15) is 0 Å². The van der Waals surface area contributed by atoms with Gasteiger partial charge in [0.15, 0.2) is 0 Å². The van der Waals surface area contributed by atoms with Crippen LogP contribution in [0.25, 0.3) is 10.8 Å². The van der Waals surface area contributed by atoms with Gasteiger partial charge >= 0.3 is 5.97 Å². The van der Waals surface area contributed by atoms with E-state index < -0.39 is 16.0 Å². The Morgan fingerprint density at radius 1 is 0.958 bits per heavy atom. The van der Waals surface area contributed by atoms with Crippen LogP contribution in [0, 0.1) is 0 Å². The zero-order valence-electron chi connectivity index (χ0n) is 12.4. The molecule has 24 heavy (non-hydrogen) atoms. The van der Waals surface area contributed by atoms with E-state index >= 15 is 0 Å². The number of nitrogens with two attached hydrogens (primary N) is 1. The molecule has 0 aliphatic carbocycles. The molecule has 0 atom stereocenters. The number of nitrogens with one attached hydrogen (secondary N) is 1. The third kappa shape index (κ3) is 3.16. The Morgan fingerprint density at radius 3 is 2.46 bits per heavy atom. The molecule has 0 aliphatic rings. The van der Waals surface area contributed by atoms with E-state index in [1.807, 2.05) is 6.07 Å². The lowest BCUT2D eigenvalue weighted by Crippen LogP contribution is -2.13. The fraction of sp³-hybridized carbons (Fsp3) is 0. The van der Waals surface area contributed by atoms with Crippen molar-refractivity contribution in [2.24, 2.45) is 0 Å². The molecule has 0 bridgehead atoms. The van der Waals surface area contributed by atoms with Crippen LogP contribution in [-0.2, 0) is 10.0 Å². The summed E-state index contributed by atoms with van der Waals surface area (Å²) in [6.45, 7) is 0. The predicted octanol–water partition coefficient (Wildman–Crippen LogP) is 2.92. The van der Waals surface area contributed by atoms with E-state index in [1.54, 1.807) is 18.2 Å². The normalized spacial score (nSPS) is 11.3. The van der Waals surface area contributed by atoms with Crippen LogP contribution in [0.1, 0.15) is 10.4 Å². The fourth-order valence-corrected chi connectivity index (χ4v) is 3.42. The van der Waals surface area contributed by atoms with E-state index in [9.17, 15) is 13.2 Å². The van der Waals surface area contributed by atoms with Gasteiger partial charge in [0.25, 0.3) is 10.0 Å². The molecule has 6 nitrogen and oxygen atoms in total. The first-order chi connectivity index (χ1) is 11.3. The number of aromatic carboxylic acids is 1. The van der Waals surface area contributed by atoms with Gasteiger partial charge in [0.05, 0.1) is 10.5 Å². The molecule has 0 aromatic heterocycles. The van der Waals surface area contributed by atoms with E-state index in [0.29, 0.717) is 11.1 Å². The number of anilines is 2. The molecule has 0 saturated heterocycles. The van der Waals surface area contributed by atoms with E-state index in [2.05, 4.69) is 4.72 Å². The summed E-state index contributed by atoms with van der Waals surface area (Å²) in [7, 11) is -3.84. The highest BCUT2D eigenvalue weighted by molar-refractivity contribution is 7.92. The lowest BCUT2D eigenvalue weighted by Gasteiger charge is -2.10. The van der Waals surface area contributed by atoms with Crippen LogP contribution < -0.4 is 10.5 Å². The van der Waals surface area contributed by atoms with Crippen molar-refractivity contribution >= 4 is 38.1 Å². The van der Waals surface area contributed by atoms with Crippen molar-refractivity contribution in [3.8, 4) is 0 Å². The number of fused-ring (bicyclic) bond motifs is 1. The Morgan fingerprint density at radius 2 is 1.71 bits per heavy atom. The molecule has 7 heteroatoms. The van der Waals surface area contributed by atoms with Gasteiger partial charge in [0, 0.05) is 11.4 Å². The van der Waals surface area contributed by atoms with E-state index in [0.717, 1.165) is 5.39 Å². The van der Waals surface area contributed by atoms with Gasteiger partial charge in [-0.15, -0.1) is 0 Å². The molecular weight excluding hydrogens is 328 g/mol. The predicted molar refractivity (Wildman–Crippen MR) is 92.6 cm³/mol. The van der Waals surface area contributed by atoms with Gasteiger partial charge in [-0.2, -0.15) is 0 Å². The standard InChI is InChI=1S/C17H14N2O4S/c18-14-6-4-11-5-7-16(10-13(11)8-14)24(22,23)19-15-3-1-2-12(9-15)17(20)21/h1-10,19H,18H2,(H,20,21). The molecule has 3 aromatic carbocycles. The van der Waals surface area contributed by atoms with Crippen LogP contribution in [0.5, 0.6) is 0 Å². The second kappa shape index (κ2) is 5.86. The minimum Gasteiger partial charge on any atom is -0.478 e. The van der Waals surface area contributed by atoms with Crippen LogP contribution in [0.4, 0.5) is 11.4 Å². The first kappa shape index (κ1) is 15.8. The quantitative estimate of drug-likeness (QED) is 0.632. The lowest BCUT2D eigenvalue weighted by molar-refractivity contribution is 0.0697. The van der Waals surface area contributed by atoms with Crippen molar-refractivity contribution in [1.82, 2.24) is 0 Å². The second-order valence-corrected chi connectivity index (χ2v) is 6.94. The monoisotopic (exact) mass is 342 g/mol. The lowest BCUT2D eigenvalue weighted by atomic mass is 10.1. The minimum atomic E-state index is -3.84. The van der Waals surface area contributed by atoms with E-state index in [1.165, 1.54) is 36.4 Å². The molecule has 3 aromatic rings. The number of rotatable bonds is 4. The summed E-state index contributed by atoms with van der Waals surface area (Å²) < 4.78 is 27.4.